The van der Waals surface area contributed by atoms with E-state index in [9.17, 15) is 19.4 Å². The van der Waals surface area contributed by atoms with Crippen LogP contribution in [0.2, 0.25) is 0 Å². The van der Waals surface area contributed by atoms with Gasteiger partial charge in [-0.1, -0.05) is 202 Å². The molecule has 0 aliphatic rings. The van der Waals surface area contributed by atoms with Gasteiger partial charge in [0, 0.05) is 6.42 Å². The molecule has 0 radical (unpaired) electrons. The van der Waals surface area contributed by atoms with Crippen LogP contribution in [0.15, 0.2) is 85.1 Å². The predicted molar refractivity (Wildman–Crippen MR) is 265 cm³/mol. The number of hydrogen-bond donors (Lipinski definition) is 2. The van der Waals surface area contributed by atoms with E-state index in [1.54, 1.807) is 0 Å². The first kappa shape index (κ1) is 59.7. The molecule has 0 spiro atoms. The Labute approximate surface area is 382 Å². The second-order valence-electron chi connectivity index (χ2n) is 17.8. The quantitative estimate of drug-likeness (QED) is 0.0273. The van der Waals surface area contributed by atoms with Crippen molar-refractivity contribution in [3.8, 4) is 0 Å². The number of carbonyl (C=O) groups excluding carboxylic acids is 1. The number of phosphoric acid groups is 1. The summed E-state index contributed by atoms with van der Waals surface area (Å²) in [5, 5.41) is 13.9. The van der Waals surface area contributed by atoms with Crippen LogP contribution in [0.1, 0.15) is 194 Å². The third-order valence-corrected chi connectivity index (χ3v) is 11.6. The van der Waals surface area contributed by atoms with Gasteiger partial charge in [-0.15, -0.1) is 0 Å². The molecule has 3 unspecified atom stereocenters. The third kappa shape index (κ3) is 45.7. The van der Waals surface area contributed by atoms with Crippen molar-refractivity contribution < 1.29 is 32.9 Å². The van der Waals surface area contributed by atoms with Crippen LogP contribution in [0.5, 0.6) is 0 Å². The molecule has 2 N–H and O–H groups in total. The maximum absolute atomic E-state index is 12.9. The second kappa shape index (κ2) is 43.9. The minimum atomic E-state index is -4.58. The van der Waals surface area contributed by atoms with E-state index >= 15 is 0 Å². The Bertz CT molecular complexity index is 1280. The topological polar surface area (TPSA) is 108 Å². The lowest BCUT2D eigenvalue weighted by Crippen LogP contribution is -2.46. The van der Waals surface area contributed by atoms with Crippen LogP contribution in [0.3, 0.4) is 0 Å². The van der Waals surface area contributed by atoms with Crippen LogP contribution in [-0.4, -0.2) is 68.5 Å². The summed E-state index contributed by atoms with van der Waals surface area (Å²) in [5.41, 5.74) is 0. The van der Waals surface area contributed by atoms with Gasteiger partial charge in [0.2, 0.25) is 5.91 Å². The summed E-state index contributed by atoms with van der Waals surface area (Å²) >= 11 is 0. The van der Waals surface area contributed by atoms with E-state index < -0.39 is 20.0 Å². The monoisotopic (exact) mass is 887 g/mol. The smallest absolute Gasteiger partial charge is 0.268 e. The molecule has 62 heavy (non-hydrogen) atoms. The lowest BCUT2D eigenvalue weighted by Gasteiger charge is -2.30. The molecule has 0 aromatic heterocycles. The summed E-state index contributed by atoms with van der Waals surface area (Å²) in [4.78, 5) is 25.4. The van der Waals surface area contributed by atoms with E-state index in [1.807, 2.05) is 21.1 Å². The summed E-state index contributed by atoms with van der Waals surface area (Å²) in [6, 6.07) is -0.824. The van der Waals surface area contributed by atoms with Gasteiger partial charge in [0.25, 0.3) is 7.82 Å². The van der Waals surface area contributed by atoms with E-state index in [0.29, 0.717) is 23.9 Å². The fourth-order valence-corrected chi connectivity index (χ4v) is 7.45. The van der Waals surface area contributed by atoms with Gasteiger partial charge in [-0.25, -0.2) is 0 Å². The van der Waals surface area contributed by atoms with Gasteiger partial charge in [-0.3, -0.25) is 9.36 Å². The molecule has 0 aromatic carbocycles. The summed E-state index contributed by atoms with van der Waals surface area (Å²) in [5.74, 6) is -0.200. The van der Waals surface area contributed by atoms with E-state index in [0.717, 1.165) is 89.9 Å². The Kier molecular flexibility index (Phi) is 42.3. The van der Waals surface area contributed by atoms with Crippen molar-refractivity contribution in [2.45, 2.75) is 206 Å². The molecule has 8 nitrogen and oxygen atoms in total. The lowest BCUT2D eigenvalue weighted by atomic mass is 10.0. The van der Waals surface area contributed by atoms with Crippen LogP contribution in [0.25, 0.3) is 0 Å². The number of likely N-dealkylation sites (N-methyl/N-ethyl adjacent to an activating group) is 1. The van der Waals surface area contributed by atoms with Crippen molar-refractivity contribution in [3.63, 3.8) is 0 Å². The minimum absolute atomic E-state index is 0.000673. The van der Waals surface area contributed by atoms with Crippen molar-refractivity contribution in [1.82, 2.24) is 5.32 Å². The van der Waals surface area contributed by atoms with Crippen molar-refractivity contribution >= 4 is 13.7 Å². The zero-order valence-corrected chi connectivity index (χ0v) is 41.4. The molecular formula is C53H95N2O6P. The Morgan fingerprint density at radius 1 is 0.581 bits per heavy atom. The maximum Gasteiger partial charge on any atom is 0.268 e. The number of phosphoric ester groups is 1. The highest BCUT2D eigenvalue weighted by molar-refractivity contribution is 7.45. The lowest BCUT2D eigenvalue weighted by molar-refractivity contribution is -0.870. The molecule has 0 bridgehead atoms. The largest absolute Gasteiger partial charge is 0.756 e. The molecule has 0 heterocycles. The summed E-state index contributed by atoms with van der Waals surface area (Å²) < 4.78 is 23.3. The van der Waals surface area contributed by atoms with Gasteiger partial charge in [0.1, 0.15) is 13.2 Å². The highest BCUT2D eigenvalue weighted by Crippen LogP contribution is 2.38. The van der Waals surface area contributed by atoms with Gasteiger partial charge in [-0.2, -0.15) is 0 Å². The molecule has 0 rings (SSSR count). The second-order valence-corrected chi connectivity index (χ2v) is 19.2. The Hall–Kier alpha value is -2.32. The van der Waals surface area contributed by atoms with Crippen LogP contribution in [0.4, 0.5) is 0 Å². The molecule has 0 aliphatic heterocycles. The Morgan fingerprint density at radius 3 is 1.42 bits per heavy atom. The number of allylic oxidation sites excluding steroid dienone is 14. The molecule has 0 saturated heterocycles. The number of aliphatic hydroxyl groups excluding tert-OH is 1. The molecule has 0 aliphatic carbocycles. The van der Waals surface area contributed by atoms with E-state index in [-0.39, 0.29) is 19.1 Å². The van der Waals surface area contributed by atoms with Crippen molar-refractivity contribution in [1.29, 1.82) is 0 Å². The fourth-order valence-electron chi connectivity index (χ4n) is 6.72. The van der Waals surface area contributed by atoms with Gasteiger partial charge in [0.15, 0.2) is 0 Å². The Morgan fingerprint density at radius 2 is 0.984 bits per heavy atom. The molecule has 0 fully saturated rings. The number of amides is 1. The van der Waals surface area contributed by atoms with Gasteiger partial charge >= 0.3 is 0 Å². The summed E-state index contributed by atoms with van der Waals surface area (Å²) in [6.07, 6.45) is 60.2. The first-order valence-electron chi connectivity index (χ1n) is 24.9. The number of quaternary nitrogens is 1. The van der Waals surface area contributed by atoms with Crippen molar-refractivity contribution in [2.24, 2.45) is 0 Å². The van der Waals surface area contributed by atoms with Crippen LogP contribution in [-0.2, 0) is 18.4 Å². The summed E-state index contributed by atoms with van der Waals surface area (Å²) in [7, 11) is 1.27. The predicted octanol–water partition coefficient (Wildman–Crippen LogP) is 13.9. The molecule has 1 amide bonds. The molecule has 9 heteroatoms. The number of nitrogens with one attached hydrogen (secondary N) is 1. The SMILES string of the molecule is CC/C=C\C/C=C\C/C=C\C/C=C\C/C=C\C/C=C\C/C=C\CCCCCC(=O)NC(COP(=O)([O-])OCC[N+](C)(C)C)C(O)CCCCCCCCCCCCCCCCC. The average molecular weight is 887 g/mol. The van der Waals surface area contributed by atoms with Crippen LogP contribution < -0.4 is 10.2 Å². The first-order valence-corrected chi connectivity index (χ1v) is 26.4. The molecule has 0 saturated carbocycles. The van der Waals surface area contributed by atoms with E-state index in [4.69, 9.17) is 9.05 Å². The highest BCUT2D eigenvalue weighted by Gasteiger charge is 2.24. The standard InChI is InChI=1S/C53H95N2O6P/c1-6-8-10-12-14-16-18-20-22-23-24-25-26-27-28-29-30-31-33-35-37-39-41-43-45-47-53(57)54-51(50-61-62(58,59)60-49-48-55(3,4)5)52(56)46-44-42-40-38-36-34-32-21-19-17-15-13-11-9-7-2/h8,10,14,16,20,22,24-25,27-28,30-31,35,37,51-52,56H,6-7,9,11-13,15,17-19,21,23,26,29,32-34,36,38-50H2,1-5H3,(H-,54,57,58,59)/b10-8-,16-14-,22-20-,25-24-,28-27-,31-30-,37-35-. The van der Waals surface area contributed by atoms with Crippen LogP contribution in [0, 0.1) is 0 Å². The Balaban J connectivity index is 4.37. The van der Waals surface area contributed by atoms with Crippen molar-refractivity contribution in [2.75, 3.05) is 40.9 Å². The molecule has 3 atom stereocenters. The van der Waals surface area contributed by atoms with Gasteiger partial charge in [0.05, 0.1) is 39.9 Å². The number of nitrogens with zero attached hydrogens (tertiary/aromatic N) is 1. The van der Waals surface area contributed by atoms with Crippen LogP contribution >= 0.6 is 7.82 Å². The number of rotatable bonds is 44. The highest BCUT2D eigenvalue weighted by atomic mass is 31.2. The molecular weight excluding hydrogens is 792 g/mol. The number of carbonyl (C=O) groups is 1. The summed E-state index contributed by atoms with van der Waals surface area (Å²) in [6.45, 7) is 4.57. The van der Waals surface area contributed by atoms with Crippen molar-refractivity contribution in [3.05, 3.63) is 85.1 Å². The molecule has 0 aromatic rings. The van der Waals surface area contributed by atoms with Gasteiger partial charge < -0.3 is 28.8 Å². The molecule has 358 valence electrons. The normalized spacial score (nSPS) is 14.9. The zero-order valence-electron chi connectivity index (χ0n) is 40.5. The minimum Gasteiger partial charge on any atom is -0.756 e. The number of aliphatic hydroxyl groups is 1. The van der Waals surface area contributed by atoms with E-state index in [2.05, 4.69) is 104 Å². The average Bonchev–Trinajstić information content (AvgIpc) is 3.23. The zero-order chi connectivity index (χ0) is 45.7. The van der Waals surface area contributed by atoms with Gasteiger partial charge in [-0.05, 0) is 70.6 Å². The maximum atomic E-state index is 12.9. The number of unbranched alkanes of at least 4 members (excludes halogenated alkanes) is 17. The fraction of sp³-hybridized carbons (Fsp3) is 0.717. The third-order valence-electron chi connectivity index (χ3n) is 10.6. The first-order chi connectivity index (χ1) is 30.0. The number of hydrogen-bond acceptors (Lipinski definition) is 6. The van der Waals surface area contributed by atoms with E-state index in [1.165, 1.54) is 77.0 Å².